The number of hydrogen-bond donors (Lipinski definition) is 2. The topological polar surface area (TPSA) is 105 Å². The maximum absolute atomic E-state index is 13.0. The maximum Gasteiger partial charge on any atom is 0.292 e. The van der Waals surface area contributed by atoms with E-state index in [1.165, 1.54) is 6.07 Å². The van der Waals surface area contributed by atoms with Crippen LogP contribution in [0.25, 0.3) is 0 Å². The van der Waals surface area contributed by atoms with E-state index in [9.17, 15) is 19.7 Å². The van der Waals surface area contributed by atoms with E-state index < -0.39 is 6.04 Å². The van der Waals surface area contributed by atoms with Crippen LogP contribution in [0.5, 0.6) is 0 Å². The number of anilines is 1. The summed E-state index contributed by atoms with van der Waals surface area (Å²) in [5.41, 5.74) is 1.66. The van der Waals surface area contributed by atoms with Gasteiger partial charge in [-0.15, -0.1) is 0 Å². The molecule has 2 aromatic carbocycles. The maximum atomic E-state index is 13.0. The fourth-order valence-corrected chi connectivity index (χ4v) is 4.15. The summed E-state index contributed by atoms with van der Waals surface area (Å²) < 4.78 is 0. The summed E-state index contributed by atoms with van der Waals surface area (Å²) in [7, 11) is 0. The monoisotopic (exact) mass is 436 g/mol. The van der Waals surface area contributed by atoms with E-state index in [-0.39, 0.29) is 34.4 Å². The summed E-state index contributed by atoms with van der Waals surface area (Å²) in [6, 6.07) is 16.0. The van der Waals surface area contributed by atoms with Crippen molar-refractivity contribution in [1.29, 1.82) is 0 Å². The molecule has 2 aliphatic rings. The van der Waals surface area contributed by atoms with E-state index >= 15 is 0 Å². The molecule has 0 bridgehead atoms. The zero-order chi connectivity index (χ0) is 22.5. The van der Waals surface area contributed by atoms with Crippen LogP contribution in [0.15, 0.2) is 54.6 Å². The molecule has 8 nitrogen and oxygen atoms in total. The van der Waals surface area contributed by atoms with Crippen molar-refractivity contribution in [3.05, 3.63) is 70.3 Å². The van der Waals surface area contributed by atoms with E-state index in [0.29, 0.717) is 38.0 Å². The highest BCUT2D eigenvalue weighted by molar-refractivity contribution is 5.89. The second-order valence-electron chi connectivity index (χ2n) is 8.54. The summed E-state index contributed by atoms with van der Waals surface area (Å²) >= 11 is 0. The molecule has 1 aliphatic carbocycles. The minimum Gasteiger partial charge on any atom is -0.366 e. The fourth-order valence-electron chi connectivity index (χ4n) is 4.15. The van der Waals surface area contributed by atoms with Crippen molar-refractivity contribution in [2.75, 3.05) is 18.0 Å². The molecule has 2 amide bonds. The number of nitrogens with one attached hydrogen (secondary N) is 2. The molecule has 0 radical (unpaired) electrons. The number of nitrogens with zero attached hydrogens (tertiary/aromatic N) is 2. The molecule has 1 unspecified atom stereocenters. The van der Waals surface area contributed by atoms with Gasteiger partial charge >= 0.3 is 0 Å². The molecule has 1 heterocycles. The van der Waals surface area contributed by atoms with E-state index in [2.05, 4.69) is 10.6 Å². The van der Waals surface area contributed by atoms with Gasteiger partial charge in [0, 0.05) is 37.5 Å². The number of piperidine rings is 1. The van der Waals surface area contributed by atoms with Gasteiger partial charge in [0.1, 0.15) is 11.7 Å². The fraction of sp³-hybridized carbons (Fsp3) is 0.417. The van der Waals surface area contributed by atoms with Gasteiger partial charge < -0.3 is 15.5 Å². The quantitative estimate of drug-likeness (QED) is 0.489. The van der Waals surface area contributed by atoms with Gasteiger partial charge in [0.05, 0.1) is 4.92 Å². The summed E-state index contributed by atoms with van der Waals surface area (Å²) in [5.74, 6) is -0.484. The van der Waals surface area contributed by atoms with E-state index in [1.54, 1.807) is 18.2 Å². The third-order valence-electron chi connectivity index (χ3n) is 6.12. The van der Waals surface area contributed by atoms with Crippen LogP contribution in [0.2, 0.25) is 0 Å². The molecule has 2 aromatic rings. The number of para-hydroxylation sites is 2. The number of amides is 2. The Bertz CT molecular complexity index is 969. The highest BCUT2D eigenvalue weighted by Crippen LogP contribution is 2.31. The second-order valence-corrected chi connectivity index (χ2v) is 8.54. The predicted octanol–water partition coefficient (Wildman–Crippen LogP) is 2.82. The van der Waals surface area contributed by atoms with Crippen LogP contribution < -0.4 is 15.5 Å². The van der Waals surface area contributed by atoms with Crippen LogP contribution in [0.4, 0.5) is 11.4 Å². The van der Waals surface area contributed by atoms with Crippen LogP contribution >= 0.6 is 0 Å². The summed E-state index contributed by atoms with van der Waals surface area (Å²) in [5, 5.41) is 17.3. The van der Waals surface area contributed by atoms with Crippen molar-refractivity contribution in [2.45, 2.75) is 44.2 Å². The van der Waals surface area contributed by atoms with E-state index in [0.717, 1.165) is 18.4 Å². The van der Waals surface area contributed by atoms with Crippen LogP contribution in [-0.4, -0.2) is 41.9 Å². The third-order valence-corrected chi connectivity index (χ3v) is 6.12. The average molecular weight is 437 g/mol. The number of carbonyl (C=O) groups excluding carboxylic acids is 2. The van der Waals surface area contributed by atoms with Crippen molar-refractivity contribution < 1.29 is 14.5 Å². The Morgan fingerprint density at radius 3 is 2.31 bits per heavy atom. The molecule has 0 spiro atoms. The Kier molecular flexibility index (Phi) is 6.68. The first kappa shape index (κ1) is 21.8. The van der Waals surface area contributed by atoms with Crippen LogP contribution in [0.1, 0.15) is 31.2 Å². The molecular weight excluding hydrogens is 408 g/mol. The molecule has 1 atom stereocenters. The molecule has 2 N–H and O–H groups in total. The lowest BCUT2D eigenvalue weighted by Gasteiger charge is -2.33. The molecule has 1 saturated heterocycles. The molecule has 1 saturated carbocycles. The number of carbonyl (C=O) groups is 2. The van der Waals surface area contributed by atoms with Gasteiger partial charge in [-0.3, -0.25) is 19.7 Å². The predicted molar refractivity (Wildman–Crippen MR) is 121 cm³/mol. The van der Waals surface area contributed by atoms with Crippen molar-refractivity contribution in [1.82, 2.24) is 10.6 Å². The number of hydrogen-bond acceptors (Lipinski definition) is 5. The third kappa shape index (κ3) is 5.43. The minimum atomic E-state index is -0.612. The molecule has 8 heteroatoms. The first-order chi connectivity index (χ1) is 15.5. The lowest BCUT2D eigenvalue weighted by Crippen LogP contribution is -2.51. The number of rotatable bonds is 8. The second kappa shape index (κ2) is 9.80. The molecule has 32 heavy (non-hydrogen) atoms. The Hall–Kier alpha value is -3.42. The van der Waals surface area contributed by atoms with Crippen molar-refractivity contribution in [3.8, 4) is 0 Å². The highest BCUT2D eigenvalue weighted by Gasteiger charge is 2.32. The molecular formula is C24H28N4O4. The number of benzene rings is 2. The smallest absolute Gasteiger partial charge is 0.292 e. The SMILES string of the molecule is O=C(NC(Cc1ccccc1)C(=O)NC1CC1)C1CCN(c2ccccc2[N+](=O)[O-])CC1. The summed E-state index contributed by atoms with van der Waals surface area (Å²) in [4.78, 5) is 38.7. The Morgan fingerprint density at radius 1 is 1.00 bits per heavy atom. The van der Waals surface area contributed by atoms with Crippen LogP contribution in [0.3, 0.4) is 0 Å². The minimum absolute atomic E-state index is 0.0788. The Labute approximate surface area is 187 Å². The highest BCUT2D eigenvalue weighted by atomic mass is 16.6. The van der Waals surface area contributed by atoms with Gasteiger partial charge in [-0.05, 0) is 37.3 Å². The van der Waals surface area contributed by atoms with Gasteiger partial charge in [-0.25, -0.2) is 0 Å². The van der Waals surface area contributed by atoms with Gasteiger partial charge in [0.2, 0.25) is 11.8 Å². The lowest BCUT2D eigenvalue weighted by molar-refractivity contribution is -0.384. The largest absolute Gasteiger partial charge is 0.366 e. The Morgan fingerprint density at radius 2 is 1.66 bits per heavy atom. The molecule has 4 rings (SSSR count). The summed E-state index contributed by atoms with van der Waals surface area (Å²) in [6.45, 7) is 1.11. The molecule has 1 aliphatic heterocycles. The first-order valence-electron chi connectivity index (χ1n) is 11.1. The van der Waals surface area contributed by atoms with Gasteiger partial charge in [0.15, 0.2) is 0 Å². The van der Waals surface area contributed by atoms with Gasteiger partial charge in [0.25, 0.3) is 5.69 Å². The standard InChI is InChI=1S/C24H28N4O4/c29-23(18-12-14-27(15-13-18)21-8-4-5-9-22(21)28(31)32)26-20(24(30)25-19-10-11-19)16-17-6-2-1-3-7-17/h1-9,18-20H,10-16H2,(H,25,30)(H,26,29). The zero-order valence-electron chi connectivity index (χ0n) is 17.9. The molecule has 2 fully saturated rings. The number of nitro benzene ring substituents is 1. The average Bonchev–Trinajstić information content (AvgIpc) is 3.63. The van der Waals surface area contributed by atoms with Crippen molar-refractivity contribution >= 4 is 23.2 Å². The number of nitro groups is 1. The van der Waals surface area contributed by atoms with E-state index in [4.69, 9.17) is 0 Å². The normalized spacial score (nSPS) is 17.4. The zero-order valence-corrected chi connectivity index (χ0v) is 17.9. The van der Waals surface area contributed by atoms with Crippen molar-refractivity contribution in [2.24, 2.45) is 5.92 Å². The van der Waals surface area contributed by atoms with Crippen LogP contribution in [-0.2, 0) is 16.0 Å². The summed E-state index contributed by atoms with van der Waals surface area (Å²) in [6.07, 6.45) is 3.59. The Balaban J connectivity index is 1.37. The van der Waals surface area contributed by atoms with Gasteiger partial charge in [-0.1, -0.05) is 42.5 Å². The molecule has 0 aromatic heterocycles. The van der Waals surface area contributed by atoms with E-state index in [1.807, 2.05) is 35.2 Å². The lowest BCUT2D eigenvalue weighted by atomic mass is 9.94. The molecule has 168 valence electrons. The first-order valence-corrected chi connectivity index (χ1v) is 11.1. The van der Waals surface area contributed by atoms with Crippen LogP contribution in [0, 0.1) is 16.0 Å². The van der Waals surface area contributed by atoms with Gasteiger partial charge in [-0.2, -0.15) is 0 Å². The van der Waals surface area contributed by atoms with Crippen molar-refractivity contribution in [3.63, 3.8) is 0 Å².